The van der Waals surface area contributed by atoms with E-state index in [1.165, 1.54) is 5.56 Å². The molecule has 0 N–H and O–H groups in total. The summed E-state index contributed by atoms with van der Waals surface area (Å²) in [5, 5.41) is 11.0. The van der Waals surface area contributed by atoms with Gasteiger partial charge in [0.15, 0.2) is 5.78 Å². The number of rotatable bonds is 7. The minimum atomic E-state index is -1.56. The predicted molar refractivity (Wildman–Crippen MR) is 107 cm³/mol. The molecule has 26 heavy (non-hydrogen) atoms. The fourth-order valence-corrected chi connectivity index (χ4v) is 4.88. The number of carbonyl (C=O) groups excluding carboxylic acids is 1. The van der Waals surface area contributed by atoms with Gasteiger partial charge in [-0.1, -0.05) is 82.3 Å². The largest absolute Gasteiger partial charge is 0.397 e. The molecule has 135 valence electrons. The Morgan fingerprint density at radius 3 is 2.15 bits per heavy atom. The highest BCUT2D eigenvalue weighted by atomic mass is 28.3. The zero-order valence-electron chi connectivity index (χ0n) is 16.0. The number of ketones is 1. The molecule has 0 saturated carbocycles. The third kappa shape index (κ3) is 5.14. The minimum Gasteiger partial charge on any atom is -0.397 e. The van der Waals surface area contributed by atoms with E-state index in [0.717, 1.165) is 10.4 Å². The van der Waals surface area contributed by atoms with Crippen molar-refractivity contribution in [3.63, 3.8) is 0 Å². The fourth-order valence-electron chi connectivity index (χ4n) is 2.72. The highest BCUT2D eigenvalue weighted by Crippen LogP contribution is 2.21. The van der Waals surface area contributed by atoms with Crippen molar-refractivity contribution in [2.75, 3.05) is 0 Å². The zero-order valence-corrected chi connectivity index (χ0v) is 17.0. The monoisotopic (exact) mass is 364 g/mol. The standard InChI is InChI=1S/C22H26NO2Si/c1-5-21(20(24)15-16-23)25-26(18-9-7-6-8-10-18)19-13-11-17(12-14-19)22(2,3)4/h6-14,21H,5,15H2,1-4H3. The van der Waals surface area contributed by atoms with Gasteiger partial charge in [0.05, 0.1) is 12.5 Å². The van der Waals surface area contributed by atoms with Gasteiger partial charge in [-0.3, -0.25) is 4.79 Å². The summed E-state index contributed by atoms with van der Waals surface area (Å²) in [4.78, 5) is 12.2. The topological polar surface area (TPSA) is 50.1 Å². The second-order valence-electron chi connectivity index (χ2n) is 7.34. The summed E-state index contributed by atoms with van der Waals surface area (Å²) in [6.45, 7) is 8.49. The van der Waals surface area contributed by atoms with Crippen LogP contribution in [-0.4, -0.2) is 20.9 Å². The maximum atomic E-state index is 12.2. The van der Waals surface area contributed by atoms with Gasteiger partial charge >= 0.3 is 0 Å². The van der Waals surface area contributed by atoms with E-state index in [1.54, 1.807) is 0 Å². The molecule has 0 spiro atoms. The van der Waals surface area contributed by atoms with Gasteiger partial charge in [-0.15, -0.1) is 0 Å². The number of benzene rings is 2. The van der Waals surface area contributed by atoms with Crippen molar-refractivity contribution in [1.29, 1.82) is 5.26 Å². The number of hydrogen-bond donors (Lipinski definition) is 0. The highest BCUT2D eigenvalue weighted by molar-refractivity contribution is 6.80. The molecule has 0 fully saturated rings. The first kappa shape index (κ1) is 20.1. The first-order valence-corrected chi connectivity index (χ1v) is 10.4. The van der Waals surface area contributed by atoms with E-state index < -0.39 is 15.1 Å². The second-order valence-corrected chi connectivity index (χ2v) is 9.39. The van der Waals surface area contributed by atoms with E-state index in [2.05, 4.69) is 45.0 Å². The van der Waals surface area contributed by atoms with Crippen LogP contribution in [0.4, 0.5) is 0 Å². The van der Waals surface area contributed by atoms with Gasteiger partial charge in [-0.25, -0.2) is 0 Å². The van der Waals surface area contributed by atoms with Crippen LogP contribution in [0.25, 0.3) is 0 Å². The molecule has 0 bridgehead atoms. The van der Waals surface area contributed by atoms with Crippen LogP contribution in [0.1, 0.15) is 46.1 Å². The molecule has 2 aromatic rings. The van der Waals surface area contributed by atoms with Crippen LogP contribution in [0.5, 0.6) is 0 Å². The Balaban J connectivity index is 2.36. The Labute approximate surface area is 158 Å². The van der Waals surface area contributed by atoms with Crippen LogP contribution >= 0.6 is 0 Å². The first-order valence-electron chi connectivity index (χ1n) is 8.96. The fraction of sp³-hybridized carbons (Fsp3) is 0.364. The van der Waals surface area contributed by atoms with E-state index in [9.17, 15) is 4.79 Å². The summed E-state index contributed by atoms with van der Waals surface area (Å²) in [5.41, 5.74) is 1.36. The summed E-state index contributed by atoms with van der Waals surface area (Å²) in [7, 11) is -1.56. The predicted octanol–water partition coefficient (Wildman–Crippen LogP) is 3.37. The summed E-state index contributed by atoms with van der Waals surface area (Å²) >= 11 is 0. The third-order valence-corrected chi connectivity index (χ3v) is 6.53. The van der Waals surface area contributed by atoms with E-state index in [4.69, 9.17) is 9.69 Å². The molecule has 4 heteroatoms. The molecule has 0 heterocycles. The average molecular weight is 365 g/mol. The van der Waals surface area contributed by atoms with Gasteiger partial charge < -0.3 is 4.43 Å². The maximum absolute atomic E-state index is 12.2. The van der Waals surface area contributed by atoms with Crippen molar-refractivity contribution >= 4 is 25.2 Å². The van der Waals surface area contributed by atoms with Crippen LogP contribution < -0.4 is 10.4 Å². The smallest absolute Gasteiger partial charge is 0.283 e. The minimum absolute atomic E-state index is 0.0910. The van der Waals surface area contributed by atoms with Gasteiger partial charge in [0, 0.05) is 0 Å². The van der Waals surface area contributed by atoms with E-state index in [0.29, 0.717) is 6.42 Å². The Hall–Kier alpha value is -2.22. The number of carbonyl (C=O) groups is 1. The molecule has 0 amide bonds. The van der Waals surface area contributed by atoms with Crippen molar-refractivity contribution in [3.05, 3.63) is 60.2 Å². The third-order valence-electron chi connectivity index (χ3n) is 4.29. The lowest BCUT2D eigenvalue weighted by Gasteiger charge is -2.23. The molecule has 0 aliphatic rings. The van der Waals surface area contributed by atoms with Gasteiger partial charge in [0.2, 0.25) is 0 Å². The van der Waals surface area contributed by atoms with Gasteiger partial charge in [0.25, 0.3) is 9.04 Å². The zero-order chi connectivity index (χ0) is 19.2. The van der Waals surface area contributed by atoms with Crippen molar-refractivity contribution in [2.45, 2.75) is 52.1 Å². The average Bonchev–Trinajstić information content (AvgIpc) is 2.63. The van der Waals surface area contributed by atoms with E-state index >= 15 is 0 Å². The van der Waals surface area contributed by atoms with Crippen LogP contribution in [-0.2, 0) is 14.6 Å². The second kappa shape index (κ2) is 8.93. The quantitative estimate of drug-likeness (QED) is 0.708. The molecule has 1 radical (unpaired) electrons. The molecule has 0 aliphatic heterocycles. The van der Waals surface area contributed by atoms with Crippen LogP contribution in [0.2, 0.25) is 0 Å². The molecule has 1 atom stereocenters. The van der Waals surface area contributed by atoms with E-state index in [1.807, 2.05) is 43.3 Å². The van der Waals surface area contributed by atoms with Crippen LogP contribution in [0, 0.1) is 11.3 Å². The molecule has 3 nitrogen and oxygen atoms in total. The molecule has 0 aliphatic carbocycles. The van der Waals surface area contributed by atoms with Gasteiger partial charge in [0.1, 0.15) is 6.10 Å². The Bertz CT molecular complexity index is 757. The lowest BCUT2D eigenvalue weighted by atomic mass is 9.87. The molecule has 0 saturated heterocycles. The summed E-state index contributed by atoms with van der Waals surface area (Å²) < 4.78 is 6.31. The molecule has 0 aromatic heterocycles. The van der Waals surface area contributed by atoms with Crippen molar-refractivity contribution in [1.82, 2.24) is 0 Å². The number of nitriles is 1. The number of Topliss-reactive ketones (excluding diaryl/α,β-unsaturated/α-hetero) is 1. The summed E-state index contributed by atoms with van der Waals surface area (Å²) in [5.74, 6) is -0.139. The van der Waals surface area contributed by atoms with Crippen molar-refractivity contribution in [2.24, 2.45) is 0 Å². The van der Waals surface area contributed by atoms with Gasteiger partial charge in [-0.05, 0) is 27.8 Å². The Morgan fingerprint density at radius 2 is 1.65 bits per heavy atom. The number of nitrogens with zero attached hydrogens (tertiary/aromatic N) is 1. The van der Waals surface area contributed by atoms with Crippen LogP contribution in [0.3, 0.4) is 0 Å². The summed E-state index contributed by atoms with van der Waals surface area (Å²) in [6, 6.07) is 20.5. The number of hydrogen-bond acceptors (Lipinski definition) is 3. The SMILES string of the molecule is CCC(O[Si](c1ccccc1)c1ccc(C(C)(C)C)cc1)C(=O)CC#N. The van der Waals surface area contributed by atoms with Crippen molar-refractivity contribution in [3.8, 4) is 6.07 Å². The lowest BCUT2D eigenvalue weighted by molar-refractivity contribution is -0.125. The molecular formula is C22H26NO2Si. The van der Waals surface area contributed by atoms with Crippen LogP contribution in [0.15, 0.2) is 54.6 Å². The first-order chi connectivity index (χ1) is 12.4. The molecule has 2 aromatic carbocycles. The lowest BCUT2D eigenvalue weighted by Crippen LogP contribution is -2.48. The van der Waals surface area contributed by atoms with E-state index in [-0.39, 0.29) is 17.6 Å². The normalized spacial score (nSPS) is 12.6. The van der Waals surface area contributed by atoms with Gasteiger partial charge in [-0.2, -0.15) is 5.26 Å². The Kier molecular flexibility index (Phi) is 6.90. The summed E-state index contributed by atoms with van der Waals surface area (Å²) in [6.07, 6.45) is -0.0708. The molecule has 1 unspecified atom stereocenters. The Morgan fingerprint density at radius 1 is 1.08 bits per heavy atom. The maximum Gasteiger partial charge on any atom is 0.283 e. The van der Waals surface area contributed by atoms with Crippen molar-refractivity contribution < 1.29 is 9.22 Å². The highest BCUT2D eigenvalue weighted by Gasteiger charge is 2.27. The molecule has 2 rings (SSSR count). The molecular weight excluding hydrogens is 338 g/mol.